The van der Waals surface area contributed by atoms with E-state index in [1.807, 2.05) is 18.2 Å². The van der Waals surface area contributed by atoms with E-state index in [-0.39, 0.29) is 5.41 Å². The molecule has 1 aromatic rings. The van der Waals surface area contributed by atoms with Gasteiger partial charge >= 0.3 is 6.09 Å². The maximum absolute atomic E-state index is 11.4. The molecule has 1 aliphatic carbocycles. The smallest absolute Gasteiger partial charge is 0.411 e. The van der Waals surface area contributed by atoms with Gasteiger partial charge in [-0.1, -0.05) is 38.3 Å². The zero-order valence-corrected chi connectivity index (χ0v) is 14.9. The molecule has 0 bridgehead atoms. The molecule has 3 rings (SSSR count). The van der Waals surface area contributed by atoms with Crippen molar-refractivity contribution in [3.05, 3.63) is 36.8 Å². The number of nitrogens with one attached hydrogen (secondary N) is 1. The zero-order chi connectivity index (χ0) is 17.2. The van der Waals surface area contributed by atoms with Crippen molar-refractivity contribution in [2.75, 3.05) is 32.1 Å². The van der Waals surface area contributed by atoms with E-state index >= 15 is 0 Å². The van der Waals surface area contributed by atoms with Gasteiger partial charge in [-0.25, -0.2) is 4.79 Å². The number of amides is 1. The molecular formula is C20H29N2O2. The van der Waals surface area contributed by atoms with Crippen molar-refractivity contribution in [3.8, 4) is 0 Å². The van der Waals surface area contributed by atoms with Gasteiger partial charge < -0.3 is 9.64 Å². The molecule has 1 saturated heterocycles. The first-order valence-corrected chi connectivity index (χ1v) is 9.12. The maximum Gasteiger partial charge on any atom is 0.411 e. The summed E-state index contributed by atoms with van der Waals surface area (Å²) in [4.78, 5) is 14.0. The summed E-state index contributed by atoms with van der Waals surface area (Å²) in [6.45, 7) is 10.4. The monoisotopic (exact) mass is 329 g/mol. The number of ether oxygens (including phenoxy) is 1. The molecule has 1 heterocycles. The van der Waals surface area contributed by atoms with Crippen molar-refractivity contribution in [3.63, 3.8) is 0 Å². The van der Waals surface area contributed by atoms with Crippen LogP contribution >= 0.6 is 0 Å². The fourth-order valence-electron chi connectivity index (χ4n) is 4.24. The Balaban J connectivity index is 1.56. The van der Waals surface area contributed by atoms with E-state index in [0.717, 1.165) is 18.8 Å². The molecular weight excluding hydrogens is 300 g/mol. The summed E-state index contributed by atoms with van der Waals surface area (Å²) in [6, 6.07) is 8.07. The summed E-state index contributed by atoms with van der Waals surface area (Å²) >= 11 is 0. The Bertz CT molecular complexity index is 575. The van der Waals surface area contributed by atoms with Gasteiger partial charge in [0.25, 0.3) is 0 Å². The Morgan fingerprint density at radius 1 is 1.33 bits per heavy atom. The van der Waals surface area contributed by atoms with Crippen molar-refractivity contribution in [2.45, 2.75) is 38.0 Å². The van der Waals surface area contributed by atoms with E-state index in [4.69, 9.17) is 0 Å². The molecule has 1 radical (unpaired) electrons. The highest BCUT2D eigenvalue weighted by molar-refractivity contribution is 5.84. The van der Waals surface area contributed by atoms with Crippen molar-refractivity contribution in [1.29, 1.82) is 0 Å². The van der Waals surface area contributed by atoms with E-state index in [1.54, 1.807) is 0 Å². The molecule has 1 saturated carbocycles. The van der Waals surface area contributed by atoms with Gasteiger partial charge in [0.2, 0.25) is 0 Å². The van der Waals surface area contributed by atoms with Crippen molar-refractivity contribution in [2.24, 2.45) is 11.8 Å². The zero-order valence-electron chi connectivity index (χ0n) is 14.9. The Morgan fingerprint density at radius 3 is 2.75 bits per heavy atom. The highest BCUT2D eigenvalue weighted by Crippen LogP contribution is 2.63. The lowest BCUT2D eigenvalue weighted by Gasteiger charge is -2.24. The minimum absolute atomic E-state index is 0.0216. The molecule has 2 fully saturated rings. The third-order valence-electron chi connectivity index (χ3n) is 5.77. The molecule has 0 spiro atoms. The molecule has 4 nitrogen and oxygen atoms in total. The van der Waals surface area contributed by atoms with Crippen LogP contribution < -0.4 is 5.32 Å². The summed E-state index contributed by atoms with van der Waals surface area (Å²) in [5.41, 5.74) is 2.04. The predicted octanol–water partition coefficient (Wildman–Crippen LogP) is 4.08. The van der Waals surface area contributed by atoms with E-state index in [1.165, 1.54) is 44.9 Å². The van der Waals surface area contributed by atoms with Gasteiger partial charge in [-0.05, 0) is 49.4 Å². The highest BCUT2D eigenvalue weighted by Gasteiger charge is 2.65. The Kier molecular flexibility index (Phi) is 5.14. The highest BCUT2D eigenvalue weighted by atomic mass is 16.5. The van der Waals surface area contributed by atoms with E-state index in [0.29, 0.717) is 11.8 Å². The normalized spacial score (nSPS) is 28.5. The molecule has 1 N–H and O–H groups in total. The van der Waals surface area contributed by atoms with Crippen LogP contribution in [0, 0.1) is 18.8 Å². The van der Waals surface area contributed by atoms with Crippen molar-refractivity contribution < 1.29 is 9.53 Å². The van der Waals surface area contributed by atoms with Crippen LogP contribution in [0.4, 0.5) is 10.5 Å². The van der Waals surface area contributed by atoms with Crippen LogP contribution in [0.2, 0.25) is 0 Å². The SMILES string of the molecule is [CH2]C1(c2cccc(NC(=O)OC)c2)C2CN(CCCCCC)CC21. The average Bonchev–Trinajstić information content (AvgIpc) is 2.96. The molecule has 24 heavy (non-hydrogen) atoms. The van der Waals surface area contributed by atoms with Crippen LogP contribution in [-0.4, -0.2) is 37.7 Å². The van der Waals surface area contributed by atoms with Crippen LogP contribution in [0.3, 0.4) is 0 Å². The predicted molar refractivity (Wildman–Crippen MR) is 97.1 cm³/mol. The lowest BCUT2D eigenvalue weighted by Crippen LogP contribution is -2.30. The minimum atomic E-state index is -0.431. The number of hydrogen-bond acceptors (Lipinski definition) is 3. The van der Waals surface area contributed by atoms with Gasteiger partial charge in [-0.3, -0.25) is 5.32 Å². The second-order valence-electron chi connectivity index (χ2n) is 7.27. The first-order chi connectivity index (χ1) is 11.6. The van der Waals surface area contributed by atoms with Gasteiger partial charge in [0.05, 0.1) is 7.11 Å². The summed E-state index contributed by atoms with van der Waals surface area (Å²) in [6.07, 6.45) is 4.87. The molecule has 2 aliphatic rings. The Morgan fingerprint density at radius 2 is 2.08 bits per heavy atom. The minimum Gasteiger partial charge on any atom is -0.453 e. The van der Waals surface area contributed by atoms with E-state index in [2.05, 4.69) is 34.9 Å². The second kappa shape index (κ2) is 7.14. The van der Waals surface area contributed by atoms with Gasteiger partial charge in [0.1, 0.15) is 0 Å². The third kappa shape index (κ3) is 3.30. The molecule has 1 amide bonds. The molecule has 1 aliphatic heterocycles. The number of benzene rings is 1. The summed E-state index contributed by atoms with van der Waals surface area (Å²) in [5.74, 6) is 1.30. The van der Waals surface area contributed by atoms with Crippen LogP contribution in [0.5, 0.6) is 0 Å². The van der Waals surface area contributed by atoms with Gasteiger partial charge in [0, 0.05) is 24.2 Å². The number of fused-ring (bicyclic) bond motifs is 1. The van der Waals surface area contributed by atoms with E-state index in [9.17, 15) is 4.79 Å². The van der Waals surface area contributed by atoms with Crippen LogP contribution in [0.1, 0.15) is 38.2 Å². The number of piperidine rings is 1. The fraction of sp³-hybridized carbons (Fsp3) is 0.600. The number of unbranched alkanes of at least 4 members (excludes halogenated alkanes) is 3. The molecule has 1 aromatic carbocycles. The first kappa shape index (κ1) is 17.3. The molecule has 2 atom stereocenters. The number of nitrogens with zero attached hydrogens (tertiary/aromatic N) is 1. The summed E-state index contributed by atoms with van der Waals surface area (Å²) < 4.78 is 4.67. The fourth-order valence-corrected chi connectivity index (χ4v) is 4.24. The quantitative estimate of drug-likeness (QED) is 0.767. The van der Waals surface area contributed by atoms with Gasteiger partial charge in [-0.2, -0.15) is 0 Å². The number of anilines is 1. The Labute approximate surface area is 145 Å². The standard InChI is InChI=1S/C20H29N2O2/c1-4-5-6-7-11-22-13-17-18(14-22)20(17,2)15-9-8-10-16(12-15)21-19(23)24-3/h8-10,12,17-18H,2,4-7,11,13-14H2,1,3H3,(H,21,23). The van der Waals surface area contributed by atoms with Gasteiger partial charge in [-0.15, -0.1) is 0 Å². The van der Waals surface area contributed by atoms with Crippen LogP contribution in [-0.2, 0) is 10.2 Å². The average molecular weight is 329 g/mol. The Hall–Kier alpha value is -1.55. The lowest BCUT2D eigenvalue weighted by atomic mass is 9.92. The molecule has 131 valence electrons. The van der Waals surface area contributed by atoms with Crippen LogP contribution in [0.15, 0.2) is 24.3 Å². The molecule has 2 unspecified atom stereocenters. The number of rotatable bonds is 7. The topological polar surface area (TPSA) is 41.6 Å². The van der Waals surface area contributed by atoms with Crippen molar-refractivity contribution in [1.82, 2.24) is 4.90 Å². The van der Waals surface area contributed by atoms with E-state index < -0.39 is 6.09 Å². The number of methoxy groups -OCH3 is 1. The second-order valence-corrected chi connectivity index (χ2v) is 7.27. The third-order valence-corrected chi connectivity index (χ3v) is 5.77. The van der Waals surface area contributed by atoms with Crippen molar-refractivity contribution >= 4 is 11.8 Å². The number of carbonyl (C=O) groups is 1. The number of hydrogen-bond donors (Lipinski definition) is 1. The maximum atomic E-state index is 11.4. The number of likely N-dealkylation sites (tertiary alicyclic amines) is 1. The largest absolute Gasteiger partial charge is 0.453 e. The molecule has 0 aromatic heterocycles. The summed E-state index contributed by atoms with van der Waals surface area (Å²) in [5, 5.41) is 2.75. The lowest BCUT2D eigenvalue weighted by molar-refractivity contribution is 0.187. The summed E-state index contributed by atoms with van der Waals surface area (Å²) in [7, 11) is 1.38. The van der Waals surface area contributed by atoms with Gasteiger partial charge in [0.15, 0.2) is 0 Å². The molecule has 4 heteroatoms. The first-order valence-electron chi connectivity index (χ1n) is 9.12. The van der Waals surface area contributed by atoms with Crippen LogP contribution in [0.25, 0.3) is 0 Å². The number of carbonyl (C=O) groups excluding carboxylic acids is 1.